The summed E-state index contributed by atoms with van der Waals surface area (Å²) in [4.78, 5) is 35.4. The van der Waals surface area contributed by atoms with Gasteiger partial charge in [-0.2, -0.15) is 0 Å². The van der Waals surface area contributed by atoms with E-state index in [1.54, 1.807) is 30.3 Å². The fourth-order valence-electron chi connectivity index (χ4n) is 3.95. The summed E-state index contributed by atoms with van der Waals surface area (Å²) in [5, 5.41) is 0. The zero-order chi connectivity index (χ0) is 21.3. The molecule has 2 atom stereocenters. The Bertz CT molecular complexity index is 1090. The van der Waals surface area contributed by atoms with Crippen molar-refractivity contribution in [2.45, 2.75) is 24.9 Å². The van der Waals surface area contributed by atoms with E-state index < -0.39 is 35.5 Å². The molecule has 1 aliphatic carbocycles. The van der Waals surface area contributed by atoms with Crippen molar-refractivity contribution in [2.24, 2.45) is 5.73 Å². The molecule has 2 N–H and O–H groups in total. The summed E-state index contributed by atoms with van der Waals surface area (Å²) < 4.78 is 28.3. The van der Waals surface area contributed by atoms with E-state index in [9.17, 15) is 18.4 Å². The zero-order valence-corrected chi connectivity index (χ0v) is 15.8. The second kappa shape index (κ2) is 7.98. The Labute approximate surface area is 171 Å². The lowest BCUT2D eigenvalue weighted by Gasteiger charge is -2.35. The summed E-state index contributed by atoms with van der Waals surface area (Å²) in [6, 6.07) is 8.13. The molecule has 0 aliphatic heterocycles. The highest BCUT2D eigenvalue weighted by molar-refractivity contribution is 5.97. The lowest BCUT2D eigenvalue weighted by Crippen LogP contribution is -2.44. The molecule has 0 bridgehead atoms. The number of primary amides is 1. The highest BCUT2D eigenvalue weighted by Gasteiger charge is 2.41. The van der Waals surface area contributed by atoms with E-state index in [2.05, 4.69) is 9.97 Å². The first-order chi connectivity index (χ1) is 14.5. The van der Waals surface area contributed by atoms with Gasteiger partial charge in [-0.3, -0.25) is 19.6 Å². The smallest absolute Gasteiger partial charge is 0.256 e. The van der Waals surface area contributed by atoms with Gasteiger partial charge < -0.3 is 10.6 Å². The second-order valence-corrected chi connectivity index (χ2v) is 7.02. The van der Waals surface area contributed by atoms with Gasteiger partial charge in [-0.25, -0.2) is 8.78 Å². The van der Waals surface area contributed by atoms with Crippen LogP contribution >= 0.6 is 0 Å². The first kappa shape index (κ1) is 19.6. The predicted octanol–water partition coefficient (Wildman–Crippen LogP) is 3.11. The van der Waals surface area contributed by atoms with Crippen molar-refractivity contribution >= 4 is 11.8 Å². The molecule has 0 radical (unpaired) electrons. The number of fused-ring (bicyclic) bond motifs is 1. The Morgan fingerprint density at radius 1 is 1.13 bits per heavy atom. The summed E-state index contributed by atoms with van der Waals surface area (Å²) in [5.41, 5.74) is 6.85. The molecule has 4 rings (SSSR count). The molecule has 30 heavy (non-hydrogen) atoms. The van der Waals surface area contributed by atoms with Crippen molar-refractivity contribution in [2.75, 3.05) is 0 Å². The highest BCUT2D eigenvalue weighted by atomic mass is 19.1. The van der Waals surface area contributed by atoms with Crippen LogP contribution in [-0.4, -0.2) is 26.7 Å². The van der Waals surface area contributed by atoms with Gasteiger partial charge in [0.15, 0.2) is 6.04 Å². The van der Waals surface area contributed by atoms with Gasteiger partial charge in [0.2, 0.25) is 5.91 Å². The molecule has 0 saturated carbocycles. The Morgan fingerprint density at radius 2 is 1.97 bits per heavy atom. The lowest BCUT2D eigenvalue weighted by atomic mass is 10.0. The summed E-state index contributed by atoms with van der Waals surface area (Å²) in [5.74, 6) is -2.74. The van der Waals surface area contributed by atoms with Crippen LogP contribution in [0.3, 0.4) is 0 Å². The van der Waals surface area contributed by atoms with Crippen LogP contribution in [0.25, 0.3) is 0 Å². The SMILES string of the molecule is NC(=O)[C@@H](c1ccccn1)N(C(=O)c1cccnc1)[C@@H]1CCc2c(F)cc(F)cc21. The molecule has 2 amide bonds. The number of nitrogens with zero attached hydrogens (tertiary/aromatic N) is 3. The van der Waals surface area contributed by atoms with Crippen LogP contribution in [-0.2, 0) is 11.2 Å². The van der Waals surface area contributed by atoms with Gasteiger partial charge in [-0.05, 0) is 54.3 Å². The minimum absolute atomic E-state index is 0.227. The fraction of sp³-hybridized carbons (Fsp3) is 0.182. The van der Waals surface area contributed by atoms with Gasteiger partial charge in [0.25, 0.3) is 5.91 Å². The maximum atomic E-state index is 14.3. The number of pyridine rings is 2. The molecule has 6 nitrogen and oxygen atoms in total. The topological polar surface area (TPSA) is 89.2 Å². The van der Waals surface area contributed by atoms with Crippen molar-refractivity contribution in [1.29, 1.82) is 0 Å². The van der Waals surface area contributed by atoms with Crippen molar-refractivity contribution in [3.8, 4) is 0 Å². The zero-order valence-electron chi connectivity index (χ0n) is 15.8. The minimum Gasteiger partial charge on any atom is -0.368 e. The lowest BCUT2D eigenvalue weighted by molar-refractivity contribution is -0.123. The van der Waals surface area contributed by atoms with Gasteiger partial charge in [0.1, 0.15) is 11.6 Å². The van der Waals surface area contributed by atoms with E-state index in [4.69, 9.17) is 5.73 Å². The summed E-state index contributed by atoms with van der Waals surface area (Å²) in [7, 11) is 0. The predicted molar refractivity (Wildman–Crippen MR) is 104 cm³/mol. The maximum Gasteiger partial charge on any atom is 0.256 e. The summed E-state index contributed by atoms with van der Waals surface area (Å²) in [6.07, 6.45) is 4.99. The Kier molecular flexibility index (Phi) is 5.22. The van der Waals surface area contributed by atoms with Crippen molar-refractivity contribution < 1.29 is 18.4 Å². The van der Waals surface area contributed by atoms with Gasteiger partial charge in [0, 0.05) is 24.7 Å². The monoisotopic (exact) mass is 408 g/mol. The van der Waals surface area contributed by atoms with Gasteiger partial charge in [0.05, 0.1) is 17.3 Å². The third kappa shape index (κ3) is 3.52. The van der Waals surface area contributed by atoms with Crippen molar-refractivity contribution in [3.63, 3.8) is 0 Å². The molecule has 8 heteroatoms. The van der Waals surface area contributed by atoms with Crippen LogP contribution in [0, 0.1) is 11.6 Å². The van der Waals surface area contributed by atoms with Crippen LogP contribution < -0.4 is 5.73 Å². The minimum atomic E-state index is -1.22. The average Bonchev–Trinajstić information content (AvgIpc) is 3.16. The summed E-state index contributed by atoms with van der Waals surface area (Å²) >= 11 is 0. The van der Waals surface area contributed by atoms with Crippen molar-refractivity contribution in [3.05, 3.63) is 95.1 Å². The molecule has 0 spiro atoms. The molecule has 1 aliphatic rings. The number of hydrogen-bond acceptors (Lipinski definition) is 4. The number of rotatable bonds is 5. The van der Waals surface area contributed by atoms with Gasteiger partial charge in [-0.15, -0.1) is 0 Å². The molecule has 0 saturated heterocycles. The number of carbonyl (C=O) groups is 2. The van der Waals surface area contributed by atoms with Crippen LogP contribution in [0.2, 0.25) is 0 Å². The van der Waals surface area contributed by atoms with E-state index in [1.807, 2.05) is 0 Å². The molecule has 152 valence electrons. The van der Waals surface area contributed by atoms with Gasteiger partial charge >= 0.3 is 0 Å². The number of hydrogen-bond donors (Lipinski definition) is 1. The number of benzene rings is 1. The number of aromatic nitrogens is 2. The fourth-order valence-corrected chi connectivity index (χ4v) is 3.95. The molecule has 0 fully saturated rings. The van der Waals surface area contributed by atoms with E-state index >= 15 is 0 Å². The average molecular weight is 408 g/mol. The molecule has 2 heterocycles. The summed E-state index contributed by atoms with van der Waals surface area (Å²) in [6.45, 7) is 0. The normalized spacial score (nSPS) is 16.0. The van der Waals surface area contributed by atoms with Crippen LogP contribution in [0.4, 0.5) is 8.78 Å². The number of carbonyl (C=O) groups excluding carboxylic acids is 2. The van der Waals surface area contributed by atoms with Crippen molar-refractivity contribution in [1.82, 2.24) is 14.9 Å². The third-order valence-electron chi connectivity index (χ3n) is 5.22. The molecular weight excluding hydrogens is 390 g/mol. The molecule has 0 unspecified atom stereocenters. The highest BCUT2D eigenvalue weighted by Crippen LogP contribution is 2.42. The van der Waals surface area contributed by atoms with Crippen LogP contribution in [0.15, 0.2) is 61.1 Å². The second-order valence-electron chi connectivity index (χ2n) is 7.02. The van der Waals surface area contributed by atoms with E-state index in [0.29, 0.717) is 24.0 Å². The van der Waals surface area contributed by atoms with E-state index in [0.717, 1.165) is 6.07 Å². The number of halogens is 2. The van der Waals surface area contributed by atoms with E-state index in [-0.39, 0.29) is 11.3 Å². The van der Waals surface area contributed by atoms with Crippen LogP contribution in [0.1, 0.15) is 45.7 Å². The maximum absolute atomic E-state index is 14.3. The molecule has 2 aromatic heterocycles. The quantitative estimate of drug-likeness (QED) is 0.703. The molecule has 1 aromatic carbocycles. The first-order valence-electron chi connectivity index (χ1n) is 9.38. The number of amides is 2. The number of nitrogens with two attached hydrogens (primary N) is 1. The van der Waals surface area contributed by atoms with E-state index in [1.165, 1.54) is 29.6 Å². The molecule has 3 aromatic rings. The Hall–Kier alpha value is -3.68. The largest absolute Gasteiger partial charge is 0.368 e. The Morgan fingerprint density at radius 3 is 2.63 bits per heavy atom. The van der Waals surface area contributed by atoms with Gasteiger partial charge in [-0.1, -0.05) is 6.07 Å². The molecular formula is C22H18F2N4O2. The third-order valence-corrected chi connectivity index (χ3v) is 5.22. The standard InChI is InChI=1S/C22H18F2N4O2/c23-14-10-16-15(17(24)11-14)6-7-19(16)28(22(30)13-4-3-8-26-12-13)20(21(25)29)18-5-1-2-9-27-18/h1-5,8-12,19-20H,6-7H2,(H2,25,29)/t19-,20-/m1/s1. The van der Waals surface area contributed by atoms with Crippen LogP contribution in [0.5, 0.6) is 0 Å². The Balaban J connectivity index is 1.88. The first-order valence-corrected chi connectivity index (χ1v) is 9.38.